The lowest BCUT2D eigenvalue weighted by Crippen LogP contribution is -2.24. The van der Waals surface area contributed by atoms with Crippen molar-refractivity contribution < 1.29 is 9.13 Å². The molecule has 1 aliphatic heterocycles. The summed E-state index contributed by atoms with van der Waals surface area (Å²) in [5.74, 6) is -0.112. The van der Waals surface area contributed by atoms with Gasteiger partial charge in [0.25, 0.3) is 5.56 Å². The summed E-state index contributed by atoms with van der Waals surface area (Å²) >= 11 is 6.56. The number of benzene rings is 1. The highest BCUT2D eigenvalue weighted by molar-refractivity contribution is 6.33. The Morgan fingerprint density at radius 1 is 1.21 bits per heavy atom. The van der Waals surface area contributed by atoms with Gasteiger partial charge in [-0.15, -0.1) is 0 Å². The molecular weight excluding hydrogens is 445 g/mol. The Balaban J connectivity index is 1.57. The van der Waals surface area contributed by atoms with Crippen molar-refractivity contribution in [1.82, 2.24) is 19.5 Å². The Kier molecular flexibility index (Phi) is 5.78. The maximum atomic E-state index is 14.1. The van der Waals surface area contributed by atoms with Crippen LogP contribution in [0.5, 0.6) is 0 Å². The third-order valence-electron chi connectivity index (χ3n) is 5.74. The van der Waals surface area contributed by atoms with Crippen molar-refractivity contribution in [1.29, 1.82) is 0 Å². The van der Waals surface area contributed by atoms with Crippen LogP contribution in [0.4, 0.5) is 10.3 Å². The van der Waals surface area contributed by atoms with Gasteiger partial charge in [0.15, 0.2) is 0 Å². The molecule has 0 saturated carbocycles. The van der Waals surface area contributed by atoms with E-state index in [4.69, 9.17) is 16.3 Å². The monoisotopic (exact) mass is 465 g/mol. The first-order chi connectivity index (χ1) is 16.0. The van der Waals surface area contributed by atoms with Crippen molar-refractivity contribution in [2.24, 2.45) is 0 Å². The predicted molar refractivity (Wildman–Crippen MR) is 126 cm³/mol. The molecule has 4 aromatic rings. The zero-order chi connectivity index (χ0) is 22.9. The molecule has 1 fully saturated rings. The molecule has 1 atom stereocenters. The topological polar surface area (TPSA) is 81.9 Å². The summed E-state index contributed by atoms with van der Waals surface area (Å²) in [6, 6.07) is 10.3. The molecule has 0 spiro atoms. The standard InChI is InChI=1S/C24H21ClFN5O2/c1-2-31-22-15(12-28-24(30-22)29-16-7-9-33-13-16)10-19(23(31)32)18-6-5-14(11-20(18)25)17-4-3-8-27-21(17)26/h3-6,8,10-12,16H,2,7,9,13H2,1H3,(H,28,29,30)/t16-/m0/s1. The Hall–Kier alpha value is -3.36. The van der Waals surface area contributed by atoms with E-state index < -0.39 is 5.95 Å². The number of rotatable bonds is 5. The lowest BCUT2D eigenvalue weighted by Gasteiger charge is -2.14. The second-order valence-electron chi connectivity index (χ2n) is 7.82. The van der Waals surface area contributed by atoms with Gasteiger partial charge in [-0.1, -0.05) is 23.7 Å². The fourth-order valence-electron chi connectivity index (χ4n) is 4.05. The van der Waals surface area contributed by atoms with Gasteiger partial charge < -0.3 is 10.1 Å². The highest BCUT2D eigenvalue weighted by Crippen LogP contribution is 2.32. The number of nitrogens with zero attached hydrogens (tertiary/aromatic N) is 4. The summed E-state index contributed by atoms with van der Waals surface area (Å²) in [6.07, 6.45) is 3.98. The minimum Gasteiger partial charge on any atom is -0.379 e. The van der Waals surface area contributed by atoms with Crippen molar-refractivity contribution in [2.45, 2.75) is 25.9 Å². The van der Waals surface area contributed by atoms with Crippen LogP contribution >= 0.6 is 11.6 Å². The van der Waals surface area contributed by atoms with Gasteiger partial charge in [0.1, 0.15) is 5.65 Å². The minimum absolute atomic E-state index is 0.158. The quantitative estimate of drug-likeness (QED) is 0.436. The zero-order valence-electron chi connectivity index (χ0n) is 17.9. The number of nitrogens with one attached hydrogen (secondary N) is 1. The van der Waals surface area contributed by atoms with Crippen LogP contribution in [0.3, 0.4) is 0 Å². The number of aryl methyl sites for hydroxylation is 1. The van der Waals surface area contributed by atoms with Gasteiger partial charge in [-0.25, -0.2) is 9.97 Å². The first-order valence-corrected chi connectivity index (χ1v) is 11.1. The Bertz CT molecular complexity index is 1400. The number of hydrogen-bond donors (Lipinski definition) is 1. The second kappa shape index (κ2) is 8.88. The van der Waals surface area contributed by atoms with Crippen LogP contribution < -0.4 is 10.9 Å². The fraction of sp³-hybridized carbons (Fsp3) is 0.250. The molecule has 1 saturated heterocycles. The van der Waals surface area contributed by atoms with E-state index in [9.17, 15) is 9.18 Å². The van der Waals surface area contributed by atoms with Crippen LogP contribution in [0, 0.1) is 5.95 Å². The Morgan fingerprint density at radius 2 is 2.09 bits per heavy atom. The van der Waals surface area contributed by atoms with Gasteiger partial charge in [0.05, 0.1) is 12.6 Å². The summed E-state index contributed by atoms with van der Waals surface area (Å²) in [5.41, 5.74) is 2.26. The number of aromatic nitrogens is 4. The number of hydrogen-bond acceptors (Lipinski definition) is 6. The lowest BCUT2D eigenvalue weighted by molar-refractivity contribution is 0.195. The number of pyridine rings is 2. The molecule has 0 aliphatic carbocycles. The highest BCUT2D eigenvalue weighted by atomic mass is 35.5. The van der Waals surface area contributed by atoms with Crippen LogP contribution in [-0.4, -0.2) is 38.8 Å². The van der Waals surface area contributed by atoms with E-state index in [0.29, 0.717) is 58.6 Å². The Morgan fingerprint density at radius 3 is 2.82 bits per heavy atom. The second-order valence-corrected chi connectivity index (χ2v) is 8.23. The van der Waals surface area contributed by atoms with E-state index in [-0.39, 0.29) is 11.6 Å². The average molecular weight is 466 g/mol. The van der Waals surface area contributed by atoms with Crippen molar-refractivity contribution >= 4 is 28.6 Å². The molecule has 5 rings (SSSR count). The molecule has 33 heavy (non-hydrogen) atoms. The van der Waals surface area contributed by atoms with Crippen LogP contribution in [0.2, 0.25) is 5.02 Å². The largest absolute Gasteiger partial charge is 0.379 e. The third-order valence-corrected chi connectivity index (χ3v) is 6.05. The van der Waals surface area contributed by atoms with Crippen molar-refractivity contribution in [3.05, 3.63) is 70.1 Å². The van der Waals surface area contributed by atoms with Crippen LogP contribution in [-0.2, 0) is 11.3 Å². The van der Waals surface area contributed by atoms with E-state index in [1.54, 1.807) is 47.2 Å². The molecule has 1 aliphatic rings. The van der Waals surface area contributed by atoms with Crippen LogP contribution in [0.25, 0.3) is 33.3 Å². The first-order valence-electron chi connectivity index (χ1n) is 10.7. The zero-order valence-corrected chi connectivity index (χ0v) is 18.6. The number of anilines is 1. The lowest BCUT2D eigenvalue weighted by atomic mass is 10.0. The molecule has 0 unspecified atom stereocenters. The average Bonchev–Trinajstić information content (AvgIpc) is 3.32. The van der Waals surface area contributed by atoms with Gasteiger partial charge >= 0.3 is 0 Å². The maximum Gasteiger partial charge on any atom is 0.260 e. The fourth-order valence-corrected chi connectivity index (χ4v) is 4.33. The van der Waals surface area contributed by atoms with Crippen LogP contribution in [0.15, 0.2) is 53.6 Å². The molecule has 0 amide bonds. The molecule has 7 nitrogen and oxygen atoms in total. The molecule has 4 heterocycles. The molecule has 1 aromatic carbocycles. The summed E-state index contributed by atoms with van der Waals surface area (Å²) in [5, 5.41) is 4.33. The van der Waals surface area contributed by atoms with Gasteiger partial charge in [0.2, 0.25) is 11.9 Å². The normalized spacial score (nSPS) is 15.8. The molecule has 9 heteroatoms. The van der Waals surface area contributed by atoms with Gasteiger partial charge in [-0.05, 0) is 43.2 Å². The summed E-state index contributed by atoms with van der Waals surface area (Å²) in [4.78, 5) is 26.1. The molecule has 0 radical (unpaired) electrons. The van der Waals surface area contributed by atoms with Crippen molar-refractivity contribution in [2.75, 3.05) is 18.5 Å². The molecule has 168 valence electrons. The van der Waals surface area contributed by atoms with Gasteiger partial charge in [0, 0.05) is 52.6 Å². The highest BCUT2D eigenvalue weighted by Gasteiger charge is 2.19. The van der Waals surface area contributed by atoms with E-state index in [1.165, 1.54) is 6.20 Å². The number of halogens is 2. The summed E-state index contributed by atoms with van der Waals surface area (Å²) < 4.78 is 21.1. The summed E-state index contributed by atoms with van der Waals surface area (Å²) in [6.45, 7) is 3.64. The smallest absolute Gasteiger partial charge is 0.260 e. The Labute approximate surface area is 194 Å². The maximum absolute atomic E-state index is 14.1. The first kappa shape index (κ1) is 21.5. The van der Waals surface area contributed by atoms with E-state index in [1.807, 2.05) is 6.92 Å². The van der Waals surface area contributed by atoms with Crippen molar-refractivity contribution in [3.8, 4) is 22.3 Å². The molecule has 0 bridgehead atoms. The van der Waals surface area contributed by atoms with Crippen LogP contribution in [0.1, 0.15) is 13.3 Å². The van der Waals surface area contributed by atoms with Gasteiger partial charge in [-0.2, -0.15) is 9.37 Å². The summed E-state index contributed by atoms with van der Waals surface area (Å²) in [7, 11) is 0. The molecule has 1 N–H and O–H groups in total. The molecule has 3 aromatic heterocycles. The van der Waals surface area contributed by atoms with E-state index >= 15 is 0 Å². The van der Waals surface area contributed by atoms with Gasteiger partial charge in [-0.3, -0.25) is 9.36 Å². The number of ether oxygens (including phenoxy) is 1. The molecular formula is C24H21ClFN5O2. The SMILES string of the molecule is CCn1c(=O)c(-c2ccc(-c3cccnc3F)cc2Cl)cc2cnc(N[C@H]3CCOC3)nc21. The predicted octanol–water partition coefficient (Wildman–Crippen LogP) is 4.53. The van der Waals surface area contributed by atoms with Crippen molar-refractivity contribution in [3.63, 3.8) is 0 Å². The number of fused-ring (bicyclic) bond motifs is 1. The van der Waals surface area contributed by atoms with E-state index in [0.717, 1.165) is 11.8 Å². The minimum atomic E-state index is -0.578. The third kappa shape index (κ3) is 4.07. The van der Waals surface area contributed by atoms with E-state index in [2.05, 4.69) is 20.3 Å².